The molecule has 0 radical (unpaired) electrons. The minimum absolute atomic E-state index is 0.0316. The average Bonchev–Trinajstić information content (AvgIpc) is 2.53. The Morgan fingerprint density at radius 3 is 2.78 bits per heavy atom. The minimum Gasteiger partial charge on any atom is -0.497 e. The van der Waals surface area contributed by atoms with Gasteiger partial charge in [-0.3, -0.25) is 4.79 Å². The van der Waals surface area contributed by atoms with Crippen LogP contribution < -0.4 is 10.1 Å². The van der Waals surface area contributed by atoms with Crippen LogP contribution in [0, 0.1) is 0 Å². The quantitative estimate of drug-likeness (QED) is 0.883. The molecule has 1 aromatic rings. The number of rotatable bonds is 3. The number of methoxy groups -OCH3 is 1. The molecular weight excluding hydrogens is 230 g/mol. The van der Waals surface area contributed by atoms with Gasteiger partial charge in [-0.15, -0.1) is 0 Å². The Balaban J connectivity index is 2.12. The van der Waals surface area contributed by atoms with E-state index in [0.717, 1.165) is 17.7 Å². The Hall–Kier alpha value is -1.55. The molecule has 1 aromatic carbocycles. The van der Waals surface area contributed by atoms with Gasteiger partial charge in [0.2, 0.25) is 0 Å². The Morgan fingerprint density at radius 2 is 2.11 bits per heavy atom. The molecule has 1 amide bonds. The van der Waals surface area contributed by atoms with Crippen LogP contribution in [0.15, 0.2) is 24.3 Å². The molecule has 98 valence electrons. The molecule has 1 aliphatic rings. The molecule has 1 atom stereocenters. The molecule has 1 heterocycles. The van der Waals surface area contributed by atoms with E-state index >= 15 is 0 Å². The highest BCUT2D eigenvalue weighted by molar-refractivity contribution is 5.85. The summed E-state index contributed by atoms with van der Waals surface area (Å²) in [6.07, 6.45) is 1.44. The molecule has 1 saturated heterocycles. The van der Waals surface area contributed by atoms with Crippen LogP contribution >= 0.6 is 0 Å². The summed E-state index contributed by atoms with van der Waals surface area (Å²) in [5, 5.41) is 2.89. The van der Waals surface area contributed by atoms with Crippen LogP contribution in [-0.2, 0) is 16.0 Å². The van der Waals surface area contributed by atoms with E-state index < -0.39 is 5.60 Å². The molecular formula is C14H19NO3. The van der Waals surface area contributed by atoms with Crippen molar-refractivity contribution in [1.82, 2.24) is 5.32 Å². The lowest BCUT2D eigenvalue weighted by molar-refractivity contribution is -0.142. The SMILES string of the molecule is COc1ccc(CC2(C)OCCCNC2=O)cc1. The lowest BCUT2D eigenvalue weighted by Crippen LogP contribution is -2.46. The summed E-state index contributed by atoms with van der Waals surface area (Å²) >= 11 is 0. The first-order chi connectivity index (χ1) is 8.64. The van der Waals surface area contributed by atoms with E-state index in [9.17, 15) is 4.79 Å². The van der Waals surface area contributed by atoms with Gasteiger partial charge in [-0.25, -0.2) is 0 Å². The second-order valence-electron chi connectivity index (χ2n) is 4.71. The van der Waals surface area contributed by atoms with E-state index in [1.807, 2.05) is 31.2 Å². The molecule has 0 aliphatic carbocycles. The zero-order valence-corrected chi connectivity index (χ0v) is 10.9. The molecule has 0 spiro atoms. The Morgan fingerprint density at radius 1 is 1.39 bits per heavy atom. The van der Waals surface area contributed by atoms with E-state index in [-0.39, 0.29) is 5.91 Å². The molecule has 2 rings (SSSR count). The standard InChI is InChI=1S/C14H19NO3/c1-14(13(16)15-8-3-9-18-14)10-11-4-6-12(17-2)7-5-11/h4-7H,3,8-10H2,1-2H3,(H,15,16). The molecule has 0 aromatic heterocycles. The molecule has 4 nitrogen and oxygen atoms in total. The zero-order chi connectivity index (χ0) is 13.0. The van der Waals surface area contributed by atoms with Crippen molar-refractivity contribution in [3.63, 3.8) is 0 Å². The average molecular weight is 249 g/mol. The van der Waals surface area contributed by atoms with Crippen molar-refractivity contribution in [3.8, 4) is 5.75 Å². The summed E-state index contributed by atoms with van der Waals surface area (Å²) < 4.78 is 10.8. The zero-order valence-electron chi connectivity index (χ0n) is 10.9. The lowest BCUT2D eigenvalue weighted by atomic mass is 9.95. The summed E-state index contributed by atoms with van der Waals surface area (Å²) in [5.41, 5.74) is 0.292. The molecule has 1 unspecified atom stereocenters. The number of amides is 1. The molecule has 1 N–H and O–H groups in total. The fourth-order valence-electron chi connectivity index (χ4n) is 2.09. The Kier molecular flexibility index (Phi) is 3.87. The van der Waals surface area contributed by atoms with Crippen molar-refractivity contribution >= 4 is 5.91 Å². The van der Waals surface area contributed by atoms with E-state index in [2.05, 4.69) is 5.32 Å². The van der Waals surface area contributed by atoms with E-state index in [1.165, 1.54) is 0 Å². The summed E-state index contributed by atoms with van der Waals surface area (Å²) in [4.78, 5) is 12.0. The van der Waals surface area contributed by atoms with Gasteiger partial charge in [0.05, 0.1) is 7.11 Å². The molecule has 0 bridgehead atoms. The van der Waals surface area contributed by atoms with Gasteiger partial charge in [-0.1, -0.05) is 12.1 Å². The van der Waals surface area contributed by atoms with Crippen molar-refractivity contribution in [2.75, 3.05) is 20.3 Å². The van der Waals surface area contributed by atoms with Gasteiger partial charge in [-0.2, -0.15) is 0 Å². The number of hydrogen-bond acceptors (Lipinski definition) is 3. The Bertz CT molecular complexity index is 416. The highest BCUT2D eigenvalue weighted by Gasteiger charge is 2.35. The largest absolute Gasteiger partial charge is 0.497 e. The number of hydrogen-bond donors (Lipinski definition) is 1. The second-order valence-corrected chi connectivity index (χ2v) is 4.71. The summed E-state index contributed by atoms with van der Waals surface area (Å²) in [5.74, 6) is 0.783. The third kappa shape index (κ3) is 2.82. The third-order valence-corrected chi connectivity index (χ3v) is 3.21. The number of nitrogens with one attached hydrogen (secondary N) is 1. The van der Waals surface area contributed by atoms with Gasteiger partial charge in [0.1, 0.15) is 11.4 Å². The van der Waals surface area contributed by atoms with Crippen LogP contribution in [0.2, 0.25) is 0 Å². The summed E-state index contributed by atoms with van der Waals surface area (Å²) in [6.45, 7) is 3.15. The van der Waals surface area contributed by atoms with E-state index in [1.54, 1.807) is 7.11 Å². The topological polar surface area (TPSA) is 47.6 Å². The fraction of sp³-hybridized carbons (Fsp3) is 0.500. The van der Waals surface area contributed by atoms with Crippen molar-refractivity contribution < 1.29 is 14.3 Å². The minimum atomic E-state index is -0.773. The first kappa shape index (κ1) is 12.9. The second kappa shape index (κ2) is 5.40. The smallest absolute Gasteiger partial charge is 0.252 e. The van der Waals surface area contributed by atoms with Gasteiger partial charge >= 0.3 is 0 Å². The van der Waals surface area contributed by atoms with Crippen LogP contribution in [0.25, 0.3) is 0 Å². The van der Waals surface area contributed by atoms with Gasteiger partial charge in [0, 0.05) is 19.6 Å². The maximum absolute atomic E-state index is 12.0. The van der Waals surface area contributed by atoms with Crippen LogP contribution in [-0.4, -0.2) is 31.8 Å². The van der Waals surface area contributed by atoms with Crippen molar-refractivity contribution in [1.29, 1.82) is 0 Å². The highest BCUT2D eigenvalue weighted by Crippen LogP contribution is 2.21. The summed E-state index contributed by atoms with van der Waals surface area (Å²) in [7, 11) is 1.64. The maximum atomic E-state index is 12.0. The van der Waals surface area contributed by atoms with Gasteiger partial charge in [-0.05, 0) is 31.0 Å². The molecule has 1 fully saturated rings. The number of carbonyl (C=O) groups is 1. The van der Waals surface area contributed by atoms with Crippen molar-refractivity contribution in [2.45, 2.75) is 25.4 Å². The van der Waals surface area contributed by atoms with Crippen LogP contribution in [0.5, 0.6) is 5.75 Å². The normalized spacial score (nSPS) is 24.2. The van der Waals surface area contributed by atoms with Crippen molar-refractivity contribution in [3.05, 3.63) is 29.8 Å². The number of benzene rings is 1. The molecule has 18 heavy (non-hydrogen) atoms. The number of ether oxygens (including phenoxy) is 2. The van der Waals surface area contributed by atoms with Gasteiger partial charge in [0.15, 0.2) is 0 Å². The molecule has 4 heteroatoms. The van der Waals surface area contributed by atoms with Gasteiger partial charge in [0.25, 0.3) is 5.91 Å². The van der Waals surface area contributed by atoms with Crippen molar-refractivity contribution in [2.24, 2.45) is 0 Å². The predicted octanol–water partition coefficient (Wildman–Crippen LogP) is 1.53. The predicted molar refractivity (Wildman–Crippen MR) is 68.7 cm³/mol. The first-order valence-corrected chi connectivity index (χ1v) is 6.19. The van der Waals surface area contributed by atoms with Crippen LogP contribution in [0.3, 0.4) is 0 Å². The molecule has 1 aliphatic heterocycles. The number of carbonyl (C=O) groups excluding carboxylic acids is 1. The summed E-state index contributed by atoms with van der Waals surface area (Å²) in [6, 6.07) is 7.72. The molecule has 0 saturated carbocycles. The van der Waals surface area contributed by atoms with Crippen LogP contribution in [0.4, 0.5) is 0 Å². The van der Waals surface area contributed by atoms with E-state index in [4.69, 9.17) is 9.47 Å². The monoisotopic (exact) mass is 249 g/mol. The highest BCUT2D eigenvalue weighted by atomic mass is 16.5. The van der Waals surface area contributed by atoms with E-state index in [0.29, 0.717) is 19.6 Å². The third-order valence-electron chi connectivity index (χ3n) is 3.21. The van der Waals surface area contributed by atoms with Gasteiger partial charge < -0.3 is 14.8 Å². The maximum Gasteiger partial charge on any atom is 0.252 e. The Labute approximate surface area is 107 Å². The first-order valence-electron chi connectivity index (χ1n) is 6.19. The fourth-order valence-corrected chi connectivity index (χ4v) is 2.09. The van der Waals surface area contributed by atoms with Crippen LogP contribution in [0.1, 0.15) is 18.9 Å². The lowest BCUT2D eigenvalue weighted by Gasteiger charge is -2.26.